The molecule has 3 heterocycles. The van der Waals surface area contributed by atoms with Crippen molar-refractivity contribution < 1.29 is 8.42 Å². The van der Waals surface area contributed by atoms with Crippen LogP contribution in [-0.2, 0) is 16.3 Å². The average molecular weight is 355 g/mol. The highest BCUT2D eigenvalue weighted by Gasteiger charge is 2.32. The van der Waals surface area contributed by atoms with Gasteiger partial charge >= 0.3 is 0 Å². The minimum atomic E-state index is -3.08. The van der Waals surface area contributed by atoms with Gasteiger partial charge in [-0.2, -0.15) is 15.4 Å². The molecule has 2 aliphatic heterocycles. The van der Waals surface area contributed by atoms with Gasteiger partial charge < -0.3 is 5.32 Å². The minimum absolute atomic E-state index is 0.293. The summed E-state index contributed by atoms with van der Waals surface area (Å²) in [6.07, 6.45) is 6.06. The maximum Gasteiger partial charge on any atom is 0.175 e. The number of sulfone groups is 1. The third-order valence-corrected chi connectivity index (χ3v) is 5.53. The van der Waals surface area contributed by atoms with Gasteiger partial charge in [-0.15, -0.1) is 0 Å². The maximum atomic E-state index is 10.9. The van der Waals surface area contributed by atoms with Gasteiger partial charge in [-0.25, -0.2) is 8.42 Å². The van der Waals surface area contributed by atoms with Crippen LogP contribution in [0.5, 0.6) is 0 Å². The Bertz CT molecular complexity index is 773. The molecule has 2 aliphatic rings. The van der Waals surface area contributed by atoms with E-state index in [2.05, 4.69) is 20.7 Å². The number of rotatable bonds is 1. The molecule has 0 saturated carbocycles. The van der Waals surface area contributed by atoms with Gasteiger partial charge in [0.25, 0.3) is 0 Å². The number of hydrogen-bond donors (Lipinski definition) is 2. The first kappa shape index (κ1) is 16.4. The molecule has 4 rings (SSSR count). The predicted molar refractivity (Wildman–Crippen MR) is 88.2 cm³/mol. The molecule has 2 N–H and O–H groups in total. The highest BCUT2D eigenvalue weighted by atomic mass is 35.5. The predicted octanol–water partition coefficient (Wildman–Crippen LogP) is 2.29. The molecule has 0 spiro atoms. The van der Waals surface area contributed by atoms with Crippen molar-refractivity contribution in [3.63, 3.8) is 0 Å². The number of fused-ring (bicyclic) bond motifs is 4. The summed E-state index contributed by atoms with van der Waals surface area (Å²) in [6.45, 7) is 0. The van der Waals surface area contributed by atoms with Crippen LogP contribution < -0.4 is 5.32 Å². The lowest BCUT2D eigenvalue weighted by Crippen LogP contribution is -2.42. The van der Waals surface area contributed by atoms with Crippen molar-refractivity contribution in [2.45, 2.75) is 42.7 Å². The van der Waals surface area contributed by atoms with Gasteiger partial charge in [-0.1, -0.05) is 11.6 Å². The van der Waals surface area contributed by atoms with E-state index in [1.54, 1.807) is 12.1 Å². The van der Waals surface area contributed by atoms with Gasteiger partial charge in [0.15, 0.2) is 9.84 Å². The van der Waals surface area contributed by atoms with Crippen LogP contribution in [0.1, 0.15) is 36.7 Å². The van der Waals surface area contributed by atoms with Crippen LogP contribution in [0.3, 0.4) is 0 Å². The van der Waals surface area contributed by atoms with E-state index in [-0.39, 0.29) is 0 Å². The molecule has 23 heavy (non-hydrogen) atoms. The molecule has 0 amide bonds. The molecule has 2 atom stereocenters. The van der Waals surface area contributed by atoms with Gasteiger partial charge in [0.05, 0.1) is 16.6 Å². The molecule has 1 fully saturated rings. The summed E-state index contributed by atoms with van der Waals surface area (Å²) in [6, 6.07) is 7.21. The van der Waals surface area contributed by atoms with E-state index in [4.69, 9.17) is 11.6 Å². The SMILES string of the molecule is C1CC2Cc3n[nH]nc3C(C1)N2.CS(=O)(=O)c1ccc(Cl)cc1. The standard InChI is InChI=1S/C8H12N4.C7H7ClO2S/c1-2-5-4-7-8(11-12-10-7)6(3-1)9-5;1-11(9,10)7-4-2-6(8)3-5-7/h5-6,9H,1-4H2,(H,10,11,12);2-5H,1H3. The highest BCUT2D eigenvalue weighted by Crippen LogP contribution is 2.31. The Balaban J connectivity index is 0.000000137. The molecule has 6 nitrogen and oxygen atoms in total. The van der Waals surface area contributed by atoms with Gasteiger partial charge in [-0.3, -0.25) is 0 Å². The van der Waals surface area contributed by atoms with Crippen molar-refractivity contribution in [3.8, 4) is 0 Å². The van der Waals surface area contributed by atoms with E-state index in [0.717, 1.165) is 18.4 Å². The van der Waals surface area contributed by atoms with Crippen LogP contribution in [0.25, 0.3) is 0 Å². The maximum absolute atomic E-state index is 10.9. The lowest BCUT2D eigenvalue weighted by molar-refractivity contribution is 0.296. The molecule has 0 radical (unpaired) electrons. The molecule has 124 valence electrons. The lowest BCUT2D eigenvalue weighted by atomic mass is 9.88. The Morgan fingerprint density at radius 2 is 1.91 bits per heavy atom. The van der Waals surface area contributed by atoms with E-state index >= 15 is 0 Å². The normalized spacial score (nSPS) is 22.7. The molecule has 2 unspecified atom stereocenters. The third-order valence-electron chi connectivity index (χ3n) is 4.14. The minimum Gasteiger partial charge on any atom is -0.305 e. The Kier molecular flexibility index (Phi) is 4.70. The zero-order valence-corrected chi connectivity index (χ0v) is 14.4. The van der Waals surface area contributed by atoms with Crippen molar-refractivity contribution in [1.29, 1.82) is 0 Å². The number of halogens is 1. The first-order valence-electron chi connectivity index (χ1n) is 7.54. The zero-order chi connectivity index (χ0) is 16.4. The summed E-state index contributed by atoms with van der Waals surface area (Å²) in [5.74, 6) is 0. The number of nitrogens with one attached hydrogen (secondary N) is 2. The Morgan fingerprint density at radius 1 is 1.17 bits per heavy atom. The fourth-order valence-electron chi connectivity index (χ4n) is 3.00. The number of H-pyrrole nitrogens is 1. The molecule has 1 saturated heterocycles. The second-order valence-electron chi connectivity index (χ2n) is 5.93. The molecule has 8 heteroatoms. The first-order valence-corrected chi connectivity index (χ1v) is 9.81. The van der Waals surface area contributed by atoms with Crippen molar-refractivity contribution in [3.05, 3.63) is 40.7 Å². The summed E-state index contributed by atoms with van der Waals surface area (Å²) in [5.41, 5.74) is 2.34. The van der Waals surface area contributed by atoms with Crippen LogP contribution in [-0.4, -0.2) is 36.1 Å². The van der Waals surface area contributed by atoms with Crippen LogP contribution >= 0.6 is 11.6 Å². The Hall–Kier alpha value is -1.44. The summed E-state index contributed by atoms with van der Waals surface area (Å²) in [5, 5.41) is 15.2. The number of aromatic amines is 1. The van der Waals surface area contributed by atoms with Gasteiger partial charge in [0.2, 0.25) is 0 Å². The van der Waals surface area contributed by atoms with E-state index in [1.165, 1.54) is 37.1 Å². The van der Waals surface area contributed by atoms with Crippen LogP contribution in [0.4, 0.5) is 0 Å². The number of nitrogens with zero attached hydrogens (tertiary/aromatic N) is 2. The van der Waals surface area contributed by atoms with E-state index < -0.39 is 9.84 Å². The highest BCUT2D eigenvalue weighted by molar-refractivity contribution is 7.90. The fraction of sp³-hybridized carbons (Fsp3) is 0.467. The zero-order valence-electron chi connectivity index (χ0n) is 12.8. The van der Waals surface area contributed by atoms with Gasteiger partial charge in [-0.05, 0) is 43.5 Å². The fourth-order valence-corrected chi connectivity index (χ4v) is 3.76. The Morgan fingerprint density at radius 3 is 2.61 bits per heavy atom. The number of aromatic nitrogens is 3. The van der Waals surface area contributed by atoms with Crippen molar-refractivity contribution in [2.24, 2.45) is 0 Å². The van der Waals surface area contributed by atoms with E-state index in [0.29, 0.717) is 22.0 Å². The second-order valence-corrected chi connectivity index (χ2v) is 8.39. The molecule has 1 aromatic heterocycles. The lowest BCUT2D eigenvalue weighted by Gasteiger charge is -2.34. The van der Waals surface area contributed by atoms with Crippen molar-refractivity contribution in [1.82, 2.24) is 20.7 Å². The quantitative estimate of drug-likeness (QED) is 0.820. The van der Waals surface area contributed by atoms with Gasteiger partial charge in [0, 0.05) is 23.7 Å². The molecule has 1 aromatic carbocycles. The molecule has 2 bridgehead atoms. The van der Waals surface area contributed by atoms with Crippen molar-refractivity contribution >= 4 is 21.4 Å². The number of hydrogen-bond acceptors (Lipinski definition) is 5. The van der Waals surface area contributed by atoms with Crippen molar-refractivity contribution in [2.75, 3.05) is 6.26 Å². The summed E-state index contributed by atoms with van der Waals surface area (Å²) < 4.78 is 21.8. The molecule has 2 aromatic rings. The number of piperidine rings is 1. The third kappa shape index (κ3) is 3.91. The molecule has 0 aliphatic carbocycles. The largest absolute Gasteiger partial charge is 0.305 e. The topological polar surface area (TPSA) is 87.7 Å². The molecular formula is C15H19ClN4O2S. The molecular weight excluding hydrogens is 336 g/mol. The smallest absolute Gasteiger partial charge is 0.175 e. The van der Waals surface area contributed by atoms with E-state index in [9.17, 15) is 8.42 Å². The van der Waals surface area contributed by atoms with Crippen LogP contribution in [0.15, 0.2) is 29.2 Å². The number of benzene rings is 1. The Labute approximate surface area is 140 Å². The van der Waals surface area contributed by atoms with Crippen LogP contribution in [0.2, 0.25) is 5.02 Å². The summed E-state index contributed by atoms with van der Waals surface area (Å²) in [7, 11) is -3.08. The van der Waals surface area contributed by atoms with E-state index in [1.807, 2.05) is 0 Å². The summed E-state index contributed by atoms with van der Waals surface area (Å²) >= 11 is 5.57. The first-order chi connectivity index (χ1) is 10.9. The monoisotopic (exact) mass is 354 g/mol. The summed E-state index contributed by atoms with van der Waals surface area (Å²) in [4.78, 5) is 0.293. The second kappa shape index (κ2) is 6.59. The van der Waals surface area contributed by atoms with Crippen LogP contribution in [0, 0.1) is 0 Å². The van der Waals surface area contributed by atoms with Gasteiger partial charge in [0.1, 0.15) is 5.69 Å². The average Bonchev–Trinajstić information content (AvgIpc) is 2.96.